The third-order valence-corrected chi connectivity index (χ3v) is 3.76. The van der Waals surface area contributed by atoms with Crippen LogP contribution in [0, 0.1) is 5.95 Å². The lowest BCUT2D eigenvalue weighted by molar-refractivity contribution is 0.0930. The van der Waals surface area contributed by atoms with E-state index in [2.05, 4.69) is 17.2 Å². The van der Waals surface area contributed by atoms with Crippen LogP contribution in [-0.4, -0.2) is 10.9 Å². The van der Waals surface area contributed by atoms with Crippen molar-refractivity contribution in [2.45, 2.75) is 25.8 Å². The van der Waals surface area contributed by atoms with Crippen LogP contribution in [0.4, 0.5) is 4.39 Å². The Morgan fingerprint density at radius 3 is 2.95 bits per heavy atom. The number of amides is 1. The van der Waals surface area contributed by atoms with Gasteiger partial charge in [0.25, 0.3) is 5.91 Å². The average molecular weight is 278 g/mol. The smallest absolute Gasteiger partial charge is 0.256 e. The van der Waals surface area contributed by atoms with Gasteiger partial charge in [-0.1, -0.05) is 19.4 Å². The van der Waals surface area contributed by atoms with Gasteiger partial charge >= 0.3 is 0 Å². The van der Waals surface area contributed by atoms with Crippen LogP contribution in [0.25, 0.3) is 0 Å². The Morgan fingerprint density at radius 1 is 1.47 bits per heavy atom. The molecule has 3 nitrogen and oxygen atoms in total. The predicted molar refractivity (Wildman–Crippen MR) is 73.6 cm³/mol. The molecule has 1 atom stereocenters. The number of hydrogen-bond donors (Lipinski definition) is 1. The van der Waals surface area contributed by atoms with Gasteiger partial charge in [0.05, 0.1) is 11.6 Å². The van der Waals surface area contributed by atoms with Crippen LogP contribution >= 0.6 is 11.3 Å². The van der Waals surface area contributed by atoms with Crippen molar-refractivity contribution in [2.24, 2.45) is 0 Å². The van der Waals surface area contributed by atoms with E-state index in [9.17, 15) is 9.18 Å². The maximum atomic E-state index is 13.4. The topological polar surface area (TPSA) is 42.0 Å². The zero-order chi connectivity index (χ0) is 13.7. The van der Waals surface area contributed by atoms with Crippen LogP contribution in [0.3, 0.4) is 0 Å². The normalized spacial score (nSPS) is 12.1. The first-order valence-corrected chi connectivity index (χ1v) is 7.05. The van der Waals surface area contributed by atoms with Crippen molar-refractivity contribution in [2.75, 3.05) is 0 Å². The van der Waals surface area contributed by atoms with Crippen molar-refractivity contribution in [1.82, 2.24) is 10.3 Å². The van der Waals surface area contributed by atoms with Crippen molar-refractivity contribution in [1.29, 1.82) is 0 Å². The molecular weight excluding hydrogens is 263 g/mol. The van der Waals surface area contributed by atoms with E-state index in [0.717, 1.165) is 17.7 Å². The Kier molecular flexibility index (Phi) is 4.63. The van der Waals surface area contributed by atoms with Gasteiger partial charge in [-0.15, -0.1) is 11.3 Å². The SMILES string of the molecule is CCCC(NC(=O)c1cccnc1F)c1cccs1. The van der Waals surface area contributed by atoms with Crippen LogP contribution in [0.15, 0.2) is 35.8 Å². The van der Waals surface area contributed by atoms with Crippen molar-refractivity contribution >= 4 is 17.2 Å². The maximum absolute atomic E-state index is 13.4. The largest absolute Gasteiger partial charge is 0.344 e. The molecule has 2 aromatic heterocycles. The number of aromatic nitrogens is 1. The van der Waals surface area contributed by atoms with E-state index in [1.807, 2.05) is 17.5 Å². The van der Waals surface area contributed by atoms with Crippen molar-refractivity contribution < 1.29 is 9.18 Å². The Morgan fingerprint density at radius 2 is 2.32 bits per heavy atom. The van der Waals surface area contributed by atoms with E-state index < -0.39 is 11.9 Å². The molecule has 100 valence electrons. The average Bonchev–Trinajstić information content (AvgIpc) is 2.92. The van der Waals surface area contributed by atoms with Gasteiger partial charge in [0, 0.05) is 11.1 Å². The number of carbonyl (C=O) groups excluding carboxylic acids is 1. The van der Waals surface area contributed by atoms with Gasteiger partial charge in [-0.05, 0) is 30.0 Å². The second-order valence-corrected chi connectivity index (χ2v) is 5.15. The van der Waals surface area contributed by atoms with Crippen molar-refractivity contribution in [3.8, 4) is 0 Å². The summed E-state index contributed by atoms with van der Waals surface area (Å²) >= 11 is 1.59. The number of halogens is 1. The fourth-order valence-electron chi connectivity index (χ4n) is 1.86. The Bertz CT molecular complexity index is 542. The van der Waals surface area contributed by atoms with Crippen LogP contribution in [0.2, 0.25) is 0 Å². The minimum absolute atomic E-state index is 0.0137. The summed E-state index contributed by atoms with van der Waals surface area (Å²) in [5, 5.41) is 4.84. The van der Waals surface area contributed by atoms with Gasteiger partial charge in [0.15, 0.2) is 0 Å². The molecule has 0 aromatic carbocycles. The standard InChI is InChI=1S/C14H15FN2OS/c1-2-5-11(12-7-4-9-19-12)17-14(18)10-6-3-8-16-13(10)15/h3-4,6-9,11H,2,5H2,1H3,(H,17,18). The van der Waals surface area contributed by atoms with E-state index in [1.165, 1.54) is 12.3 Å². The molecule has 0 fully saturated rings. The number of carbonyl (C=O) groups is 1. The molecular formula is C14H15FN2OS. The quantitative estimate of drug-likeness (QED) is 0.850. The molecule has 19 heavy (non-hydrogen) atoms. The lowest BCUT2D eigenvalue weighted by atomic mass is 10.1. The third-order valence-electron chi connectivity index (χ3n) is 2.77. The Hall–Kier alpha value is -1.75. The summed E-state index contributed by atoms with van der Waals surface area (Å²) in [4.78, 5) is 16.6. The molecule has 1 unspecified atom stereocenters. The minimum atomic E-state index is -0.735. The first-order valence-electron chi connectivity index (χ1n) is 6.17. The maximum Gasteiger partial charge on any atom is 0.256 e. The summed E-state index contributed by atoms with van der Waals surface area (Å²) in [6.07, 6.45) is 3.10. The molecule has 0 saturated heterocycles. The second-order valence-electron chi connectivity index (χ2n) is 4.17. The van der Waals surface area contributed by atoms with Gasteiger partial charge in [-0.25, -0.2) is 4.98 Å². The number of hydrogen-bond acceptors (Lipinski definition) is 3. The summed E-state index contributed by atoms with van der Waals surface area (Å²) in [6.45, 7) is 2.05. The first-order chi connectivity index (χ1) is 9.22. The summed E-state index contributed by atoms with van der Waals surface area (Å²) in [7, 11) is 0. The highest BCUT2D eigenvalue weighted by Crippen LogP contribution is 2.23. The summed E-state index contributed by atoms with van der Waals surface area (Å²) < 4.78 is 13.4. The molecule has 0 radical (unpaired) electrons. The van der Waals surface area contributed by atoms with Gasteiger partial charge in [0.1, 0.15) is 0 Å². The molecule has 0 aliphatic rings. The summed E-state index contributed by atoms with van der Waals surface area (Å²) in [5.74, 6) is -1.15. The number of rotatable bonds is 5. The highest BCUT2D eigenvalue weighted by molar-refractivity contribution is 7.10. The molecule has 1 amide bonds. The van der Waals surface area contributed by atoms with Gasteiger partial charge in [-0.3, -0.25) is 4.79 Å². The highest BCUT2D eigenvalue weighted by atomic mass is 32.1. The van der Waals surface area contributed by atoms with Crippen LogP contribution in [0.1, 0.15) is 41.0 Å². The van der Waals surface area contributed by atoms with E-state index in [-0.39, 0.29) is 11.6 Å². The van der Waals surface area contributed by atoms with Crippen molar-refractivity contribution in [3.05, 3.63) is 52.2 Å². The highest BCUT2D eigenvalue weighted by Gasteiger charge is 2.18. The zero-order valence-corrected chi connectivity index (χ0v) is 11.4. The number of thiophene rings is 1. The van der Waals surface area contributed by atoms with Crippen molar-refractivity contribution in [3.63, 3.8) is 0 Å². The van der Waals surface area contributed by atoms with Gasteiger partial charge in [0.2, 0.25) is 5.95 Å². The predicted octanol–water partition coefficient (Wildman–Crippen LogP) is 3.55. The monoisotopic (exact) mass is 278 g/mol. The van der Waals surface area contributed by atoms with Gasteiger partial charge < -0.3 is 5.32 Å². The fraction of sp³-hybridized carbons (Fsp3) is 0.286. The first kappa shape index (κ1) is 13.7. The van der Waals surface area contributed by atoms with E-state index in [1.54, 1.807) is 17.4 Å². The molecule has 0 bridgehead atoms. The molecule has 0 aliphatic carbocycles. The van der Waals surface area contributed by atoms with E-state index in [4.69, 9.17) is 0 Å². The van der Waals surface area contributed by atoms with Crippen LogP contribution in [0.5, 0.6) is 0 Å². The summed E-state index contributed by atoms with van der Waals surface area (Å²) in [5.41, 5.74) is -0.0137. The molecule has 0 aliphatic heterocycles. The van der Waals surface area contributed by atoms with Crippen LogP contribution < -0.4 is 5.32 Å². The Labute approximate surface area is 115 Å². The van der Waals surface area contributed by atoms with Gasteiger partial charge in [-0.2, -0.15) is 4.39 Å². The van der Waals surface area contributed by atoms with E-state index >= 15 is 0 Å². The number of nitrogens with one attached hydrogen (secondary N) is 1. The molecule has 0 saturated carbocycles. The lowest BCUT2D eigenvalue weighted by Gasteiger charge is -2.16. The second kappa shape index (κ2) is 6.43. The molecule has 2 heterocycles. The fourth-order valence-corrected chi connectivity index (χ4v) is 2.67. The number of nitrogens with zero attached hydrogens (tertiary/aromatic N) is 1. The minimum Gasteiger partial charge on any atom is -0.344 e. The lowest BCUT2D eigenvalue weighted by Crippen LogP contribution is -2.28. The summed E-state index contributed by atoms with van der Waals surface area (Å²) in [6, 6.07) is 6.84. The number of pyridine rings is 1. The molecule has 1 N–H and O–H groups in total. The molecule has 2 aromatic rings. The van der Waals surface area contributed by atoms with E-state index in [0.29, 0.717) is 0 Å². The van der Waals surface area contributed by atoms with Crippen LogP contribution in [-0.2, 0) is 0 Å². The molecule has 5 heteroatoms. The molecule has 2 rings (SSSR count). The Balaban J connectivity index is 2.14. The molecule has 0 spiro atoms. The third kappa shape index (κ3) is 3.38. The zero-order valence-electron chi connectivity index (χ0n) is 10.6.